The van der Waals surface area contributed by atoms with Crippen molar-refractivity contribution in [1.82, 2.24) is 4.90 Å². The molecule has 3 rings (SSSR count). The Morgan fingerprint density at radius 3 is 2.23 bits per heavy atom. The zero-order valence-corrected chi connectivity index (χ0v) is 17.9. The summed E-state index contributed by atoms with van der Waals surface area (Å²) >= 11 is 0. The second-order valence-electron chi connectivity index (χ2n) is 8.66. The van der Waals surface area contributed by atoms with E-state index in [-0.39, 0.29) is 23.1 Å². The maximum atomic E-state index is 12.5. The van der Waals surface area contributed by atoms with Gasteiger partial charge in [-0.25, -0.2) is 9.59 Å². The molecule has 1 aliphatic carbocycles. The quantitative estimate of drug-likeness (QED) is 0.523. The Morgan fingerprint density at radius 2 is 1.67 bits per heavy atom. The average Bonchev–Trinajstić information content (AvgIpc) is 2.96. The van der Waals surface area contributed by atoms with Crippen molar-refractivity contribution in [3.05, 3.63) is 35.4 Å². The Kier molecular flexibility index (Phi) is 6.58. The summed E-state index contributed by atoms with van der Waals surface area (Å²) in [5, 5.41) is 0. The highest BCUT2D eigenvalue weighted by Crippen LogP contribution is 2.35. The topological polar surface area (TPSA) is 90.0 Å². The smallest absolute Gasteiger partial charge is 0.344 e. The molecule has 1 saturated carbocycles. The summed E-state index contributed by atoms with van der Waals surface area (Å²) in [6, 6.07) is 5.26. The molecule has 0 saturated heterocycles. The van der Waals surface area contributed by atoms with E-state index in [1.165, 1.54) is 6.92 Å². The van der Waals surface area contributed by atoms with E-state index >= 15 is 0 Å². The van der Waals surface area contributed by atoms with Crippen LogP contribution < -0.4 is 0 Å². The second kappa shape index (κ2) is 8.98. The van der Waals surface area contributed by atoms with Crippen LogP contribution in [0.15, 0.2) is 24.3 Å². The van der Waals surface area contributed by atoms with E-state index in [0.29, 0.717) is 11.8 Å². The molecule has 0 bridgehead atoms. The van der Waals surface area contributed by atoms with Crippen molar-refractivity contribution < 1.29 is 28.7 Å². The molecule has 30 heavy (non-hydrogen) atoms. The van der Waals surface area contributed by atoms with Crippen LogP contribution in [0.5, 0.6) is 0 Å². The van der Waals surface area contributed by atoms with Crippen molar-refractivity contribution in [3.63, 3.8) is 0 Å². The molecule has 1 aromatic rings. The van der Waals surface area contributed by atoms with Crippen molar-refractivity contribution in [2.24, 2.45) is 17.8 Å². The maximum Gasteiger partial charge on any atom is 0.344 e. The van der Waals surface area contributed by atoms with Crippen LogP contribution in [-0.4, -0.2) is 47.4 Å². The van der Waals surface area contributed by atoms with Crippen LogP contribution in [0.2, 0.25) is 0 Å². The molecule has 4 atom stereocenters. The summed E-state index contributed by atoms with van der Waals surface area (Å²) in [7, 11) is 0. The SMILES string of the molecule is CC1CCC(C(C)C)C(OC(=O)COC(=O)C(C)N2C(=O)c3ccccc3C2=O)C1. The fraction of sp³-hybridized carbons (Fsp3) is 0.565. The lowest BCUT2D eigenvalue weighted by Gasteiger charge is -2.36. The third-order valence-corrected chi connectivity index (χ3v) is 6.13. The van der Waals surface area contributed by atoms with Crippen LogP contribution >= 0.6 is 0 Å². The van der Waals surface area contributed by atoms with Gasteiger partial charge in [0.2, 0.25) is 0 Å². The zero-order valence-electron chi connectivity index (χ0n) is 17.9. The highest BCUT2D eigenvalue weighted by molar-refractivity contribution is 6.22. The minimum atomic E-state index is -1.14. The third kappa shape index (κ3) is 4.40. The lowest BCUT2D eigenvalue weighted by atomic mass is 9.75. The van der Waals surface area contributed by atoms with Gasteiger partial charge in [0, 0.05) is 0 Å². The number of benzene rings is 1. The van der Waals surface area contributed by atoms with Crippen LogP contribution in [-0.2, 0) is 19.1 Å². The average molecular weight is 415 g/mol. The van der Waals surface area contributed by atoms with Gasteiger partial charge in [0.15, 0.2) is 6.61 Å². The van der Waals surface area contributed by atoms with Gasteiger partial charge in [-0.1, -0.05) is 39.3 Å². The van der Waals surface area contributed by atoms with Gasteiger partial charge in [0.05, 0.1) is 11.1 Å². The molecule has 0 aromatic heterocycles. The van der Waals surface area contributed by atoms with Crippen molar-refractivity contribution in [2.75, 3.05) is 6.61 Å². The van der Waals surface area contributed by atoms with Crippen LogP contribution in [0, 0.1) is 17.8 Å². The van der Waals surface area contributed by atoms with Crippen LogP contribution in [0.25, 0.3) is 0 Å². The summed E-state index contributed by atoms with van der Waals surface area (Å²) in [5.41, 5.74) is 0.514. The van der Waals surface area contributed by atoms with E-state index in [1.54, 1.807) is 24.3 Å². The van der Waals surface area contributed by atoms with Crippen molar-refractivity contribution in [3.8, 4) is 0 Å². The van der Waals surface area contributed by atoms with Gasteiger partial charge in [0.25, 0.3) is 11.8 Å². The first-order valence-corrected chi connectivity index (χ1v) is 10.5. The molecule has 0 spiro atoms. The van der Waals surface area contributed by atoms with Gasteiger partial charge in [0.1, 0.15) is 12.1 Å². The van der Waals surface area contributed by atoms with Crippen LogP contribution in [0.1, 0.15) is 67.7 Å². The van der Waals surface area contributed by atoms with E-state index in [2.05, 4.69) is 20.8 Å². The predicted molar refractivity (Wildman–Crippen MR) is 109 cm³/mol. The van der Waals surface area contributed by atoms with Gasteiger partial charge in [-0.05, 0) is 49.7 Å². The van der Waals surface area contributed by atoms with Crippen LogP contribution in [0.3, 0.4) is 0 Å². The van der Waals surface area contributed by atoms with E-state index in [9.17, 15) is 19.2 Å². The summed E-state index contributed by atoms with van der Waals surface area (Å²) in [6.07, 6.45) is 2.74. The Hall–Kier alpha value is -2.70. The first-order valence-electron chi connectivity index (χ1n) is 10.5. The summed E-state index contributed by atoms with van der Waals surface area (Å²) < 4.78 is 10.7. The van der Waals surface area contributed by atoms with E-state index in [4.69, 9.17) is 9.47 Å². The summed E-state index contributed by atoms with van der Waals surface area (Å²) in [6.45, 7) is 7.24. The fourth-order valence-electron chi connectivity index (χ4n) is 4.37. The molecule has 0 radical (unpaired) electrons. The number of carbonyl (C=O) groups is 4. The molecule has 1 aliphatic heterocycles. The lowest BCUT2D eigenvalue weighted by molar-refractivity contribution is -0.168. The number of nitrogens with zero attached hydrogens (tertiary/aromatic N) is 1. The zero-order chi connectivity index (χ0) is 22.0. The van der Waals surface area contributed by atoms with Gasteiger partial charge in [-0.3, -0.25) is 14.5 Å². The molecule has 1 heterocycles. The minimum absolute atomic E-state index is 0.186. The number of hydrogen-bond donors (Lipinski definition) is 0. The molecule has 162 valence electrons. The number of rotatable bonds is 6. The fourth-order valence-corrected chi connectivity index (χ4v) is 4.37. The molecule has 2 amide bonds. The predicted octanol–water partition coefficient (Wildman–Crippen LogP) is 3.22. The Labute approximate surface area is 176 Å². The molecule has 1 fully saturated rings. The van der Waals surface area contributed by atoms with Crippen molar-refractivity contribution in [2.45, 2.75) is 59.1 Å². The first kappa shape index (κ1) is 22.0. The van der Waals surface area contributed by atoms with E-state index in [1.807, 2.05) is 0 Å². The van der Waals surface area contributed by atoms with Crippen molar-refractivity contribution in [1.29, 1.82) is 0 Å². The molecule has 2 aliphatic rings. The second-order valence-corrected chi connectivity index (χ2v) is 8.66. The molecular weight excluding hydrogens is 386 g/mol. The monoisotopic (exact) mass is 415 g/mol. The number of carbonyl (C=O) groups excluding carboxylic acids is 4. The largest absolute Gasteiger partial charge is 0.460 e. The third-order valence-electron chi connectivity index (χ3n) is 6.13. The highest BCUT2D eigenvalue weighted by atomic mass is 16.6. The lowest BCUT2D eigenvalue weighted by Crippen LogP contribution is -2.44. The molecule has 0 N–H and O–H groups in total. The minimum Gasteiger partial charge on any atom is -0.460 e. The van der Waals surface area contributed by atoms with Gasteiger partial charge >= 0.3 is 11.9 Å². The number of esters is 2. The number of ether oxygens (including phenoxy) is 2. The number of fused-ring (bicyclic) bond motifs is 1. The number of amides is 2. The molecule has 4 unspecified atom stereocenters. The number of imide groups is 1. The summed E-state index contributed by atoms with van der Waals surface area (Å²) in [4.78, 5) is 50.6. The molecular formula is C23H29NO6. The van der Waals surface area contributed by atoms with Crippen molar-refractivity contribution >= 4 is 23.8 Å². The normalized spacial score (nSPS) is 24.6. The molecule has 7 nitrogen and oxygen atoms in total. The molecule has 1 aromatic carbocycles. The van der Waals surface area contributed by atoms with Gasteiger partial charge in [-0.15, -0.1) is 0 Å². The van der Waals surface area contributed by atoms with Gasteiger partial charge in [-0.2, -0.15) is 0 Å². The molecule has 7 heteroatoms. The van der Waals surface area contributed by atoms with Gasteiger partial charge < -0.3 is 9.47 Å². The van der Waals surface area contributed by atoms with E-state index < -0.39 is 36.4 Å². The summed E-state index contributed by atoms with van der Waals surface area (Å²) in [5.74, 6) is -1.35. The van der Waals surface area contributed by atoms with E-state index in [0.717, 1.165) is 24.2 Å². The maximum absolute atomic E-state index is 12.5. The number of hydrogen-bond acceptors (Lipinski definition) is 6. The first-order chi connectivity index (χ1) is 14.2. The Morgan fingerprint density at radius 1 is 1.07 bits per heavy atom. The standard InChI is InChI=1S/C23H29NO6/c1-13(2)16-10-9-14(3)11-19(16)30-20(25)12-29-23(28)15(4)24-21(26)17-7-5-6-8-18(17)22(24)27/h5-8,13-16,19H,9-12H2,1-4H3. The highest BCUT2D eigenvalue weighted by Gasteiger charge is 2.41. The van der Waals surface area contributed by atoms with Crippen LogP contribution in [0.4, 0.5) is 0 Å². The Balaban J connectivity index is 1.56. The Bertz CT molecular complexity index is 813.